The number of carbonyl (C=O) groups is 2. The predicted molar refractivity (Wildman–Crippen MR) is 111 cm³/mol. The van der Waals surface area contributed by atoms with Crippen LogP contribution < -0.4 is 10.6 Å². The first-order valence-electron chi connectivity index (χ1n) is 8.62. The lowest BCUT2D eigenvalue weighted by Gasteiger charge is -2.31. The number of carbonyl (C=O) groups excluding carboxylic acids is 2. The lowest BCUT2D eigenvalue weighted by atomic mass is 10.1. The van der Waals surface area contributed by atoms with Crippen molar-refractivity contribution in [1.82, 2.24) is 9.78 Å². The van der Waals surface area contributed by atoms with Crippen molar-refractivity contribution in [2.75, 3.05) is 10.6 Å². The number of anilines is 2. The van der Waals surface area contributed by atoms with Gasteiger partial charge in [-0.2, -0.15) is 5.10 Å². The maximum atomic E-state index is 12.9. The molecule has 4 rings (SSSR count). The van der Waals surface area contributed by atoms with Gasteiger partial charge >= 0.3 is 0 Å². The fourth-order valence-corrected chi connectivity index (χ4v) is 4.18. The first kappa shape index (κ1) is 18.6. The summed E-state index contributed by atoms with van der Waals surface area (Å²) in [6.07, 6.45) is 3.27. The molecule has 0 saturated heterocycles. The second kappa shape index (κ2) is 7.33. The third-order valence-corrected chi connectivity index (χ3v) is 6.22. The largest absolute Gasteiger partial charge is 0.323 e. The number of benzene rings is 2. The highest BCUT2D eigenvalue weighted by molar-refractivity contribution is 8.02. The first-order chi connectivity index (χ1) is 13.5. The quantitative estimate of drug-likeness (QED) is 0.634. The van der Waals surface area contributed by atoms with Gasteiger partial charge in [-0.1, -0.05) is 53.7 Å². The fraction of sp³-hybridized carbons (Fsp3) is 0.150. The standard InChI is InChI=1S/C20H17ClN4O2S/c1-20(19(27)24-16-8-4-5-9-17(16)28-20)18(26)23-14-10-22-25(12-14)11-13-6-2-3-7-15(13)21/h2-10,12H,11H2,1H3,(H,23,26)(H,24,27). The molecule has 0 radical (unpaired) electrons. The van der Waals surface area contributed by atoms with Crippen LogP contribution in [0.3, 0.4) is 0 Å². The van der Waals surface area contributed by atoms with Crippen molar-refractivity contribution < 1.29 is 9.59 Å². The minimum atomic E-state index is -1.28. The zero-order valence-corrected chi connectivity index (χ0v) is 16.6. The minimum Gasteiger partial charge on any atom is -0.323 e. The SMILES string of the molecule is CC1(C(=O)Nc2cnn(Cc3ccccc3Cl)c2)Sc2ccccc2NC1=O. The molecule has 1 unspecified atom stereocenters. The molecule has 0 fully saturated rings. The molecule has 28 heavy (non-hydrogen) atoms. The van der Waals surface area contributed by atoms with E-state index in [9.17, 15) is 9.59 Å². The van der Waals surface area contributed by atoms with Gasteiger partial charge in [0, 0.05) is 16.1 Å². The van der Waals surface area contributed by atoms with E-state index in [2.05, 4.69) is 15.7 Å². The van der Waals surface area contributed by atoms with Crippen LogP contribution in [-0.4, -0.2) is 26.3 Å². The molecule has 1 aliphatic rings. The summed E-state index contributed by atoms with van der Waals surface area (Å²) < 4.78 is 0.405. The second-order valence-electron chi connectivity index (χ2n) is 6.56. The number of aromatic nitrogens is 2. The normalized spacial score (nSPS) is 18.3. The van der Waals surface area contributed by atoms with E-state index in [-0.39, 0.29) is 5.91 Å². The molecule has 8 heteroatoms. The second-order valence-corrected chi connectivity index (χ2v) is 8.43. The Morgan fingerprint density at radius 2 is 2.00 bits per heavy atom. The van der Waals surface area contributed by atoms with Crippen LogP contribution in [0.5, 0.6) is 0 Å². The molecule has 2 amide bonds. The number of hydrogen-bond donors (Lipinski definition) is 2. The zero-order valence-electron chi connectivity index (χ0n) is 15.0. The summed E-state index contributed by atoms with van der Waals surface area (Å²) in [4.78, 5) is 26.3. The number of nitrogens with one attached hydrogen (secondary N) is 2. The minimum absolute atomic E-state index is 0.350. The van der Waals surface area contributed by atoms with Gasteiger partial charge in [0.2, 0.25) is 11.8 Å². The van der Waals surface area contributed by atoms with E-state index in [1.165, 1.54) is 11.8 Å². The Hall–Kier alpha value is -2.77. The van der Waals surface area contributed by atoms with E-state index < -0.39 is 10.7 Å². The maximum absolute atomic E-state index is 12.9. The summed E-state index contributed by atoms with van der Waals surface area (Å²) >= 11 is 7.42. The number of nitrogens with zero attached hydrogens (tertiary/aromatic N) is 2. The molecule has 0 spiro atoms. The van der Waals surface area contributed by atoms with E-state index in [0.717, 1.165) is 16.1 Å². The fourth-order valence-electron chi connectivity index (χ4n) is 2.88. The van der Waals surface area contributed by atoms with Crippen molar-refractivity contribution in [2.24, 2.45) is 0 Å². The number of amides is 2. The van der Waals surface area contributed by atoms with Crippen LogP contribution in [0.2, 0.25) is 5.02 Å². The van der Waals surface area contributed by atoms with Gasteiger partial charge in [-0.15, -0.1) is 0 Å². The zero-order chi connectivity index (χ0) is 19.7. The lowest BCUT2D eigenvalue weighted by molar-refractivity contribution is -0.126. The molecule has 0 bridgehead atoms. The Morgan fingerprint density at radius 3 is 2.82 bits per heavy atom. The van der Waals surface area contributed by atoms with Gasteiger partial charge in [0.15, 0.2) is 4.75 Å². The molecule has 3 aromatic rings. The van der Waals surface area contributed by atoms with E-state index >= 15 is 0 Å². The van der Waals surface area contributed by atoms with Crippen LogP contribution in [0.1, 0.15) is 12.5 Å². The summed E-state index contributed by atoms with van der Waals surface area (Å²) in [5, 5.41) is 10.5. The summed E-state index contributed by atoms with van der Waals surface area (Å²) in [6, 6.07) is 14.9. The van der Waals surface area contributed by atoms with Crippen molar-refractivity contribution in [1.29, 1.82) is 0 Å². The molecule has 1 aromatic heterocycles. The van der Waals surface area contributed by atoms with Crippen molar-refractivity contribution in [3.63, 3.8) is 0 Å². The Kier molecular flexibility index (Phi) is 4.87. The topological polar surface area (TPSA) is 76.0 Å². The van der Waals surface area contributed by atoms with Gasteiger partial charge in [0.1, 0.15) is 0 Å². The third-order valence-electron chi connectivity index (χ3n) is 4.50. The third kappa shape index (κ3) is 3.50. The molecule has 2 heterocycles. The molecule has 0 aliphatic carbocycles. The number of halogens is 1. The van der Waals surface area contributed by atoms with E-state index in [0.29, 0.717) is 17.3 Å². The Bertz CT molecular complexity index is 1070. The Morgan fingerprint density at radius 1 is 1.25 bits per heavy atom. The summed E-state index contributed by atoms with van der Waals surface area (Å²) in [5.74, 6) is -0.751. The van der Waals surface area contributed by atoms with Gasteiger partial charge in [-0.3, -0.25) is 14.3 Å². The number of fused-ring (bicyclic) bond motifs is 1. The molecule has 1 aliphatic heterocycles. The number of rotatable bonds is 4. The van der Waals surface area contributed by atoms with Gasteiger partial charge in [-0.05, 0) is 30.7 Å². The molecule has 2 N–H and O–H groups in total. The Labute approximate surface area is 171 Å². The predicted octanol–water partition coefficient (Wildman–Crippen LogP) is 4.03. The molecule has 1 atom stereocenters. The van der Waals surface area contributed by atoms with Gasteiger partial charge in [0.25, 0.3) is 0 Å². The summed E-state index contributed by atoms with van der Waals surface area (Å²) in [5.41, 5.74) is 2.16. The monoisotopic (exact) mass is 412 g/mol. The van der Waals surface area contributed by atoms with Crippen LogP contribution in [-0.2, 0) is 16.1 Å². The molecule has 2 aromatic carbocycles. The highest BCUT2D eigenvalue weighted by Gasteiger charge is 2.45. The van der Waals surface area contributed by atoms with Crippen LogP contribution >= 0.6 is 23.4 Å². The van der Waals surface area contributed by atoms with Gasteiger partial charge < -0.3 is 10.6 Å². The Balaban J connectivity index is 1.49. The number of hydrogen-bond acceptors (Lipinski definition) is 4. The van der Waals surface area contributed by atoms with Gasteiger partial charge in [-0.25, -0.2) is 0 Å². The van der Waals surface area contributed by atoms with E-state index in [1.807, 2.05) is 48.5 Å². The smallest absolute Gasteiger partial charge is 0.250 e. The molecule has 6 nitrogen and oxygen atoms in total. The molecule has 0 saturated carbocycles. The van der Waals surface area contributed by atoms with E-state index in [4.69, 9.17) is 11.6 Å². The molecule has 142 valence electrons. The van der Waals surface area contributed by atoms with E-state index in [1.54, 1.807) is 24.0 Å². The number of para-hydroxylation sites is 1. The molecular formula is C20H17ClN4O2S. The lowest BCUT2D eigenvalue weighted by Crippen LogP contribution is -2.49. The summed E-state index contributed by atoms with van der Waals surface area (Å²) in [7, 11) is 0. The van der Waals surface area contributed by atoms with Crippen LogP contribution in [0, 0.1) is 0 Å². The average molecular weight is 413 g/mol. The van der Waals surface area contributed by atoms with Gasteiger partial charge in [0.05, 0.1) is 24.1 Å². The van der Waals surface area contributed by atoms with Crippen molar-refractivity contribution in [2.45, 2.75) is 23.1 Å². The first-order valence-corrected chi connectivity index (χ1v) is 9.82. The summed E-state index contributed by atoms with van der Waals surface area (Å²) in [6.45, 7) is 2.10. The van der Waals surface area contributed by atoms with Crippen LogP contribution in [0.15, 0.2) is 65.8 Å². The van der Waals surface area contributed by atoms with Crippen molar-refractivity contribution in [3.8, 4) is 0 Å². The highest BCUT2D eigenvalue weighted by Crippen LogP contribution is 2.42. The average Bonchev–Trinajstić information content (AvgIpc) is 3.11. The highest BCUT2D eigenvalue weighted by atomic mass is 35.5. The maximum Gasteiger partial charge on any atom is 0.250 e. The van der Waals surface area contributed by atoms with Crippen molar-refractivity contribution in [3.05, 3.63) is 71.5 Å². The number of thioether (sulfide) groups is 1. The van der Waals surface area contributed by atoms with Crippen LogP contribution in [0.25, 0.3) is 0 Å². The van der Waals surface area contributed by atoms with Crippen LogP contribution in [0.4, 0.5) is 11.4 Å². The molecular weight excluding hydrogens is 396 g/mol. The van der Waals surface area contributed by atoms with Crippen molar-refractivity contribution >= 4 is 46.6 Å².